The van der Waals surface area contributed by atoms with Gasteiger partial charge in [0.25, 0.3) is 5.91 Å². The van der Waals surface area contributed by atoms with Gasteiger partial charge >= 0.3 is 0 Å². The van der Waals surface area contributed by atoms with Crippen molar-refractivity contribution in [2.24, 2.45) is 0 Å². The molecular formula is C21H23N5O3. The monoisotopic (exact) mass is 393 g/mol. The summed E-state index contributed by atoms with van der Waals surface area (Å²) in [5.41, 5.74) is 1.40. The molecule has 0 saturated carbocycles. The number of aromatic nitrogens is 2. The second-order valence-corrected chi connectivity index (χ2v) is 6.67. The summed E-state index contributed by atoms with van der Waals surface area (Å²) in [6.07, 6.45) is 4.71. The highest BCUT2D eigenvalue weighted by molar-refractivity contribution is 5.92. The number of para-hydroxylation sites is 2. The van der Waals surface area contributed by atoms with Crippen LogP contribution in [0.15, 0.2) is 59.5 Å². The summed E-state index contributed by atoms with van der Waals surface area (Å²) < 4.78 is 10.7. The Morgan fingerprint density at radius 1 is 1.10 bits per heavy atom. The van der Waals surface area contributed by atoms with E-state index in [9.17, 15) is 4.79 Å². The Morgan fingerprint density at radius 3 is 2.62 bits per heavy atom. The van der Waals surface area contributed by atoms with Crippen molar-refractivity contribution >= 4 is 17.4 Å². The number of benzene rings is 1. The number of hydrogen-bond acceptors (Lipinski definition) is 7. The molecule has 2 aromatic heterocycles. The van der Waals surface area contributed by atoms with Gasteiger partial charge in [0.2, 0.25) is 0 Å². The van der Waals surface area contributed by atoms with Crippen LogP contribution in [-0.2, 0) is 6.54 Å². The molecule has 0 aliphatic carbocycles. The van der Waals surface area contributed by atoms with Crippen LogP contribution in [0, 0.1) is 0 Å². The largest absolute Gasteiger partial charge is 0.495 e. The van der Waals surface area contributed by atoms with Gasteiger partial charge in [0, 0.05) is 26.2 Å². The standard InChI is InChI=1S/C21H23N5O3/c1-28-19-7-3-2-6-18(19)25-8-10-26(11-9-25)21(27)17-14-24-20(15-22-17)23-13-16-5-4-12-29-16/h2-7,12,14-15H,8-11,13H2,1H3,(H,23,24). The molecular weight excluding hydrogens is 370 g/mol. The van der Waals surface area contributed by atoms with E-state index in [0.29, 0.717) is 31.1 Å². The van der Waals surface area contributed by atoms with Crippen molar-refractivity contribution in [1.82, 2.24) is 14.9 Å². The molecule has 3 aromatic rings. The molecule has 0 bridgehead atoms. The third kappa shape index (κ3) is 4.31. The van der Waals surface area contributed by atoms with Crippen LogP contribution in [-0.4, -0.2) is 54.1 Å². The van der Waals surface area contributed by atoms with Crippen molar-refractivity contribution < 1.29 is 13.9 Å². The molecule has 1 aliphatic rings. The van der Waals surface area contributed by atoms with E-state index in [1.165, 1.54) is 6.20 Å². The van der Waals surface area contributed by atoms with Crippen molar-refractivity contribution in [1.29, 1.82) is 0 Å². The Labute approximate surface area is 169 Å². The highest BCUT2D eigenvalue weighted by Crippen LogP contribution is 2.28. The highest BCUT2D eigenvalue weighted by atomic mass is 16.5. The number of ether oxygens (including phenoxy) is 1. The molecule has 1 N–H and O–H groups in total. The van der Waals surface area contributed by atoms with E-state index in [0.717, 1.165) is 30.3 Å². The lowest BCUT2D eigenvalue weighted by atomic mass is 10.2. The number of methoxy groups -OCH3 is 1. The molecule has 150 valence electrons. The number of carbonyl (C=O) groups is 1. The van der Waals surface area contributed by atoms with Crippen LogP contribution in [0.4, 0.5) is 11.5 Å². The molecule has 29 heavy (non-hydrogen) atoms. The molecule has 1 aliphatic heterocycles. The molecule has 3 heterocycles. The van der Waals surface area contributed by atoms with E-state index in [4.69, 9.17) is 9.15 Å². The van der Waals surface area contributed by atoms with Gasteiger partial charge in [-0.05, 0) is 24.3 Å². The average molecular weight is 393 g/mol. The first-order valence-corrected chi connectivity index (χ1v) is 9.50. The molecule has 1 fully saturated rings. The van der Waals surface area contributed by atoms with Crippen LogP contribution in [0.2, 0.25) is 0 Å². The SMILES string of the molecule is COc1ccccc1N1CCN(C(=O)c2cnc(NCc3ccco3)cn2)CC1. The zero-order valence-electron chi connectivity index (χ0n) is 16.2. The van der Waals surface area contributed by atoms with E-state index in [1.807, 2.05) is 41.3 Å². The second-order valence-electron chi connectivity index (χ2n) is 6.67. The Balaban J connectivity index is 1.33. The number of amides is 1. The summed E-state index contributed by atoms with van der Waals surface area (Å²) in [6.45, 7) is 3.23. The molecule has 0 spiro atoms. The molecule has 4 rings (SSSR count). The Morgan fingerprint density at radius 2 is 1.93 bits per heavy atom. The van der Waals surface area contributed by atoms with Gasteiger partial charge in [-0.2, -0.15) is 0 Å². The van der Waals surface area contributed by atoms with Crippen molar-refractivity contribution in [2.45, 2.75) is 6.54 Å². The first-order valence-electron chi connectivity index (χ1n) is 9.50. The van der Waals surface area contributed by atoms with Gasteiger partial charge in [-0.15, -0.1) is 0 Å². The van der Waals surface area contributed by atoms with Gasteiger partial charge in [-0.25, -0.2) is 9.97 Å². The van der Waals surface area contributed by atoms with Crippen molar-refractivity contribution in [3.63, 3.8) is 0 Å². The predicted molar refractivity (Wildman–Crippen MR) is 109 cm³/mol. The lowest BCUT2D eigenvalue weighted by molar-refractivity contribution is 0.0740. The average Bonchev–Trinajstić information content (AvgIpc) is 3.31. The second kappa shape index (κ2) is 8.64. The fourth-order valence-corrected chi connectivity index (χ4v) is 3.32. The van der Waals surface area contributed by atoms with E-state index < -0.39 is 0 Å². The van der Waals surface area contributed by atoms with Gasteiger partial charge in [0.15, 0.2) is 0 Å². The van der Waals surface area contributed by atoms with Gasteiger partial charge in [0.1, 0.15) is 23.0 Å². The zero-order valence-corrected chi connectivity index (χ0v) is 16.2. The van der Waals surface area contributed by atoms with Crippen molar-refractivity contribution in [2.75, 3.05) is 43.5 Å². The number of nitrogens with one attached hydrogen (secondary N) is 1. The minimum atomic E-state index is -0.102. The summed E-state index contributed by atoms with van der Waals surface area (Å²) in [7, 11) is 1.67. The fourth-order valence-electron chi connectivity index (χ4n) is 3.32. The van der Waals surface area contributed by atoms with Crippen LogP contribution in [0.1, 0.15) is 16.2 Å². The van der Waals surface area contributed by atoms with E-state index in [1.54, 1.807) is 19.6 Å². The number of anilines is 2. The number of piperazine rings is 1. The lowest BCUT2D eigenvalue weighted by Gasteiger charge is -2.36. The number of hydrogen-bond donors (Lipinski definition) is 1. The van der Waals surface area contributed by atoms with Gasteiger partial charge in [0.05, 0.1) is 38.0 Å². The fraction of sp³-hybridized carbons (Fsp3) is 0.286. The molecule has 8 nitrogen and oxygen atoms in total. The molecule has 0 unspecified atom stereocenters. The maximum atomic E-state index is 12.8. The maximum Gasteiger partial charge on any atom is 0.274 e. The maximum absolute atomic E-state index is 12.8. The normalized spacial score (nSPS) is 14.0. The minimum Gasteiger partial charge on any atom is -0.495 e. The van der Waals surface area contributed by atoms with Crippen molar-refractivity contribution in [3.8, 4) is 5.75 Å². The first-order chi connectivity index (χ1) is 14.2. The molecule has 1 saturated heterocycles. The number of furan rings is 1. The topological polar surface area (TPSA) is 83.7 Å². The number of nitrogens with zero attached hydrogens (tertiary/aromatic N) is 4. The third-order valence-corrected chi connectivity index (χ3v) is 4.89. The predicted octanol–water partition coefficient (Wildman–Crippen LogP) is 2.65. The molecule has 1 amide bonds. The van der Waals surface area contributed by atoms with Gasteiger partial charge in [-0.3, -0.25) is 4.79 Å². The summed E-state index contributed by atoms with van der Waals surface area (Å²) in [4.78, 5) is 25.4. The van der Waals surface area contributed by atoms with Crippen LogP contribution in [0.5, 0.6) is 5.75 Å². The zero-order chi connectivity index (χ0) is 20.1. The summed E-state index contributed by atoms with van der Waals surface area (Å²) >= 11 is 0. The Hall–Kier alpha value is -3.55. The number of rotatable bonds is 6. The van der Waals surface area contributed by atoms with Gasteiger partial charge < -0.3 is 24.3 Å². The van der Waals surface area contributed by atoms with E-state index in [2.05, 4.69) is 20.2 Å². The Bertz CT molecular complexity index is 935. The first kappa shape index (κ1) is 18.8. The van der Waals surface area contributed by atoms with Crippen molar-refractivity contribution in [3.05, 3.63) is 66.5 Å². The summed E-state index contributed by atoms with van der Waals surface area (Å²) in [5, 5.41) is 3.12. The van der Waals surface area contributed by atoms with E-state index in [-0.39, 0.29) is 5.91 Å². The molecule has 0 radical (unpaired) electrons. The quantitative estimate of drug-likeness (QED) is 0.689. The highest BCUT2D eigenvalue weighted by Gasteiger charge is 2.24. The number of carbonyl (C=O) groups excluding carboxylic acids is 1. The van der Waals surface area contributed by atoms with Crippen LogP contribution in [0.25, 0.3) is 0 Å². The smallest absolute Gasteiger partial charge is 0.274 e. The minimum absolute atomic E-state index is 0.102. The third-order valence-electron chi connectivity index (χ3n) is 4.89. The summed E-state index contributed by atoms with van der Waals surface area (Å²) in [5.74, 6) is 2.14. The van der Waals surface area contributed by atoms with Crippen LogP contribution < -0.4 is 15.0 Å². The lowest BCUT2D eigenvalue weighted by Crippen LogP contribution is -2.49. The van der Waals surface area contributed by atoms with Gasteiger partial charge in [-0.1, -0.05) is 12.1 Å². The molecule has 8 heteroatoms. The molecule has 1 aromatic carbocycles. The Kier molecular flexibility index (Phi) is 5.60. The summed E-state index contributed by atoms with van der Waals surface area (Å²) in [6, 6.07) is 11.6. The van der Waals surface area contributed by atoms with E-state index >= 15 is 0 Å². The van der Waals surface area contributed by atoms with Crippen LogP contribution >= 0.6 is 0 Å². The molecule has 0 atom stereocenters. The van der Waals surface area contributed by atoms with Crippen LogP contribution in [0.3, 0.4) is 0 Å².